The van der Waals surface area contributed by atoms with Gasteiger partial charge >= 0.3 is 0 Å². The fourth-order valence-corrected chi connectivity index (χ4v) is 0.621. The van der Waals surface area contributed by atoms with E-state index < -0.39 is 0 Å². The Morgan fingerprint density at radius 1 is 1.55 bits per heavy atom. The summed E-state index contributed by atoms with van der Waals surface area (Å²) in [5, 5.41) is 0. The van der Waals surface area contributed by atoms with E-state index in [0.29, 0.717) is 5.92 Å². The van der Waals surface area contributed by atoms with Crippen LogP contribution in [0.3, 0.4) is 0 Å². The third-order valence-electron chi connectivity index (χ3n) is 1.12. The van der Waals surface area contributed by atoms with E-state index in [1.54, 1.807) is 6.20 Å². The van der Waals surface area contributed by atoms with Crippen molar-refractivity contribution >= 4 is 6.21 Å². The Labute approximate surface area is 69.2 Å². The minimum absolute atomic E-state index is 0.314. The largest absolute Gasteiger partial charge is 0.269 e. The first-order valence-electron chi connectivity index (χ1n) is 3.91. The summed E-state index contributed by atoms with van der Waals surface area (Å²) in [5.74, 6) is 6.18. The standard InChI is InChI=1S/C10H15N/c1-4-6-10(3)7-9-11-8-5-2/h7-10H,5H2,1-3H3/b9-7-,11-8?. The van der Waals surface area contributed by atoms with E-state index in [4.69, 9.17) is 0 Å². The maximum atomic E-state index is 4.04. The maximum Gasteiger partial charge on any atom is 0.0371 e. The molecule has 0 N–H and O–H groups in total. The van der Waals surface area contributed by atoms with Gasteiger partial charge in [-0.3, -0.25) is 4.99 Å². The van der Waals surface area contributed by atoms with Crippen molar-refractivity contribution < 1.29 is 0 Å². The van der Waals surface area contributed by atoms with Crippen LogP contribution in [0.25, 0.3) is 0 Å². The highest BCUT2D eigenvalue weighted by molar-refractivity contribution is 5.57. The van der Waals surface area contributed by atoms with Crippen molar-refractivity contribution in [2.24, 2.45) is 10.9 Å². The van der Waals surface area contributed by atoms with Crippen LogP contribution < -0.4 is 0 Å². The molecule has 0 aliphatic carbocycles. The molecule has 0 bridgehead atoms. The molecule has 0 radical (unpaired) electrons. The first-order valence-corrected chi connectivity index (χ1v) is 3.91. The molecule has 11 heavy (non-hydrogen) atoms. The van der Waals surface area contributed by atoms with Gasteiger partial charge in [0.15, 0.2) is 0 Å². The molecule has 60 valence electrons. The highest BCUT2D eigenvalue weighted by Crippen LogP contribution is 1.93. The third kappa shape index (κ3) is 6.86. The Bertz CT molecular complexity index is 191. The van der Waals surface area contributed by atoms with Crippen molar-refractivity contribution in [3.63, 3.8) is 0 Å². The maximum absolute atomic E-state index is 4.04. The minimum atomic E-state index is 0.314. The van der Waals surface area contributed by atoms with Crippen molar-refractivity contribution in [1.82, 2.24) is 0 Å². The molecule has 0 rings (SSSR count). The molecule has 0 aromatic rings. The van der Waals surface area contributed by atoms with Gasteiger partial charge in [-0.1, -0.05) is 18.9 Å². The second kappa shape index (κ2) is 7.08. The molecule has 0 aliphatic heterocycles. The first kappa shape index (κ1) is 9.97. The zero-order chi connectivity index (χ0) is 8.53. The van der Waals surface area contributed by atoms with E-state index in [0.717, 1.165) is 6.42 Å². The minimum Gasteiger partial charge on any atom is -0.269 e. The summed E-state index contributed by atoms with van der Waals surface area (Å²) in [7, 11) is 0. The molecule has 0 saturated carbocycles. The first-order chi connectivity index (χ1) is 5.31. The third-order valence-corrected chi connectivity index (χ3v) is 1.12. The molecule has 1 atom stereocenters. The lowest BCUT2D eigenvalue weighted by Gasteiger charge is -1.89. The molecule has 1 heteroatoms. The lowest BCUT2D eigenvalue weighted by atomic mass is 10.2. The van der Waals surface area contributed by atoms with E-state index in [9.17, 15) is 0 Å². The molecule has 0 amide bonds. The zero-order valence-corrected chi connectivity index (χ0v) is 7.46. The van der Waals surface area contributed by atoms with Crippen molar-refractivity contribution in [2.45, 2.75) is 27.2 Å². The van der Waals surface area contributed by atoms with Crippen molar-refractivity contribution in [2.75, 3.05) is 0 Å². The average molecular weight is 149 g/mol. The van der Waals surface area contributed by atoms with Gasteiger partial charge in [-0.25, -0.2) is 0 Å². The van der Waals surface area contributed by atoms with Crippen molar-refractivity contribution in [3.8, 4) is 11.8 Å². The molecule has 0 spiro atoms. The van der Waals surface area contributed by atoms with Gasteiger partial charge in [0.1, 0.15) is 0 Å². The Morgan fingerprint density at radius 2 is 2.27 bits per heavy atom. The van der Waals surface area contributed by atoms with Crippen LogP contribution in [-0.2, 0) is 0 Å². The summed E-state index contributed by atoms with van der Waals surface area (Å²) >= 11 is 0. The number of rotatable bonds is 3. The van der Waals surface area contributed by atoms with E-state index in [1.165, 1.54) is 0 Å². The highest BCUT2D eigenvalue weighted by atomic mass is 14.7. The average Bonchev–Trinajstić information content (AvgIpc) is 1.99. The molecule has 1 unspecified atom stereocenters. The summed E-state index contributed by atoms with van der Waals surface area (Å²) < 4.78 is 0. The predicted molar refractivity (Wildman–Crippen MR) is 50.5 cm³/mol. The molecule has 0 aliphatic rings. The normalized spacial score (nSPS) is 13.4. The van der Waals surface area contributed by atoms with Gasteiger partial charge in [0.25, 0.3) is 0 Å². The van der Waals surface area contributed by atoms with Gasteiger partial charge in [-0.15, -0.1) is 5.92 Å². The topological polar surface area (TPSA) is 12.4 Å². The monoisotopic (exact) mass is 149 g/mol. The quantitative estimate of drug-likeness (QED) is 0.432. The molecule has 0 aromatic carbocycles. The van der Waals surface area contributed by atoms with Gasteiger partial charge in [0.05, 0.1) is 0 Å². The Balaban J connectivity index is 3.70. The Hall–Kier alpha value is -1.03. The zero-order valence-electron chi connectivity index (χ0n) is 7.46. The van der Waals surface area contributed by atoms with Gasteiger partial charge in [0.2, 0.25) is 0 Å². The van der Waals surface area contributed by atoms with Gasteiger partial charge in [-0.05, 0) is 20.3 Å². The summed E-state index contributed by atoms with van der Waals surface area (Å²) in [6.45, 7) is 5.96. The van der Waals surface area contributed by atoms with Crippen molar-refractivity contribution in [1.29, 1.82) is 0 Å². The fourth-order valence-electron chi connectivity index (χ4n) is 0.621. The number of nitrogens with zero attached hydrogens (tertiary/aromatic N) is 1. The second-order valence-electron chi connectivity index (χ2n) is 2.26. The van der Waals surface area contributed by atoms with Gasteiger partial charge < -0.3 is 0 Å². The van der Waals surface area contributed by atoms with E-state index in [-0.39, 0.29) is 0 Å². The second-order valence-corrected chi connectivity index (χ2v) is 2.26. The predicted octanol–water partition coefficient (Wildman–Crippen LogP) is 2.64. The van der Waals surface area contributed by atoms with Crippen LogP contribution in [0.1, 0.15) is 27.2 Å². The van der Waals surface area contributed by atoms with Crippen LogP contribution in [0, 0.1) is 17.8 Å². The van der Waals surface area contributed by atoms with Crippen LogP contribution in [0.5, 0.6) is 0 Å². The lowest BCUT2D eigenvalue weighted by Crippen LogP contribution is -1.80. The summed E-state index contributed by atoms with van der Waals surface area (Å²) in [6.07, 6.45) is 6.65. The molecule has 0 fully saturated rings. The summed E-state index contributed by atoms with van der Waals surface area (Å²) in [4.78, 5) is 4.04. The summed E-state index contributed by atoms with van der Waals surface area (Å²) in [5.41, 5.74) is 0. The molecule has 0 aromatic heterocycles. The van der Waals surface area contributed by atoms with E-state index in [1.807, 2.05) is 19.2 Å². The summed E-state index contributed by atoms with van der Waals surface area (Å²) in [6, 6.07) is 0. The molecular formula is C10H15N. The van der Waals surface area contributed by atoms with E-state index >= 15 is 0 Å². The highest BCUT2D eigenvalue weighted by Gasteiger charge is 1.84. The molecular weight excluding hydrogens is 134 g/mol. The van der Waals surface area contributed by atoms with Crippen LogP contribution in [0.15, 0.2) is 17.3 Å². The van der Waals surface area contributed by atoms with Crippen LogP contribution in [-0.4, -0.2) is 6.21 Å². The number of hydrogen-bond acceptors (Lipinski definition) is 1. The van der Waals surface area contributed by atoms with Gasteiger partial charge in [0, 0.05) is 18.3 Å². The van der Waals surface area contributed by atoms with E-state index in [2.05, 4.69) is 30.7 Å². The Kier molecular flexibility index (Phi) is 6.42. The number of allylic oxidation sites excluding steroid dienone is 1. The van der Waals surface area contributed by atoms with Crippen LogP contribution in [0.4, 0.5) is 0 Å². The van der Waals surface area contributed by atoms with Crippen LogP contribution in [0.2, 0.25) is 0 Å². The smallest absolute Gasteiger partial charge is 0.0371 e. The lowest BCUT2D eigenvalue weighted by molar-refractivity contribution is 0.975. The van der Waals surface area contributed by atoms with Crippen LogP contribution >= 0.6 is 0 Å². The van der Waals surface area contributed by atoms with Crippen molar-refractivity contribution in [3.05, 3.63) is 12.3 Å². The molecule has 1 nitrogen and oxygen atoms in total. The molecule has 0 saturated heterocycles. The number of aliphatic imine (C=N–C) groups is 1. The fraction of sp³-hybridized carbons (Fsp3) is 0.500. The number of hydrogen-bond donors (Lipinski definition) is 0. The molecule has 0 heterocycles. The SMILES string of the molecule is CC#CC(C)/C=C\N=CCC. The Morgan fingerprint density at radius 3 is 2.82 bits per heavy atom. The van der Waals surface area contributed by atoms with Gasteiger partial charge in [-0.2, -0.15) is 0 Å².